The van der Waals surface area contributed by atoms with Crippen molar-refractivity contribution in [1.82, 2.24) is 0 Å². The maximum absolute atomic E-state index is 6.83. The lowest BCUT2D eigenvalue weighted by Gasteiger charge is -2.30. The molecule has 8 aromatic rings. The van der Waals surface area contributed by atoms with Gasteiger partial charge in [-0.15, -0.1) is 0 Å². The zero-order chi connectivity index (χ0) is 30.9. The number of fused-ring (bicyclic) bond motifs is 3. The molecule has 1 nitrogen and oxygen atoms in total. The first-order valence-electron chi connectivity index (χ1n) is 15.5. The van der Waals surface area contributed by atoms with Gasteiger partial charge in [0.25, 0.3) is 0 Å². The molecule has 8 rings (SSSR count). The van der Waals surface area contributed by atoms with E-state index in [1.807, 2.05) is 6.07 Å². The van der Waals surface area contributed by atoms with Crippen LogP contribution in [0.15, 0.2) is 182 Å². The highest BCUT2D eigenvalue weighted by molar-refractivity contribution is 6.31. The summed E-state index contributed by atoms with van der Waals surface area (Å²) in [5.41, 5.74) is 10.1. The van der Waals surface area contributed by atoms with Crippen LogP contribution < -0.4 is 4.90 Å². The molecule has 0 atom stereocenters. The normalized spacial score (nSPS) is 11.2. The molecule has 0 aliphatic rings. The lowest BCUT2D eigenvalue weighted by Crippen LogP contribution is -2.12. The highest BCUT2D eigenvalue weighted by atomic mass is 35.5. The predicted molar refractivity (Wildman–Crippen MR) is 197 cm³/mol. The Morgan fingerprint density at radius 3 is 1.67 bits per heavy atom. The van der Waals surface area contributed by atoms with E-state index in [-0.39, 0.29) is 0 Å². The molecule has 8 aromatic carbocycles. The molecule has 0 fully saturated rings. The Hall–Kier alpha value is -5.63. The van der Waals surface area contributed by atoms with Crippen LogP contribution in [0.2, 0.25) is 5.02 Å². The zero-order valence-corrected chi connectivity index (χ0v) is 25.9. The largest absolute Gasteiger partial charge is 0.309 e. The van der Waals surface area contributed by atoms with Crippen molar-refractivity contribution >= 4 is 50.2 Å². The number of hydrogen-bond donors (Lipinski definition) is 0. The summed E-state index contributed by atoms with van der Waals surface area (Å²) >= 11 is 6.83. The summed E-state index contributed by atoms with van der Waals surface area (Å²) < 4.78 is 0. The Kier molecular flexibility index (Phi) is 7.30. The minimum atomic E-state index is 0.701. The fourth-order valence-electron chi connectivity index (χ4n) is 6.57. The minimum Gasteiger partial charge on any atom is -0.309 e. The Morgan fingerprint density at radius 2 is 0.913 bits per heavy atom. The van der Waals surface area contributed by atoms with E-state index in [2.05, 4.69) is 181 Å². The molecule has 0 N–H and O–H groups in total. The molecule has 46 heavy (non-hydrogen) atoms. The first-order valence-corrected chi connectivity index (χ1v) is 15.9. The van der Waals surface area contributed by atoms with Crippen LogP contribution in [0.25, 0.3) is 54.9 Å². The van der Waals surface area contributed by atoms with Crippen LogP contribution >= 0.6 is 11.6 Å². The molecule has 0 aromatic heterocycles. The van der Waals surface area contributed by atoms with Crippen molar-refractivity contribution in [1.29, 1.82) is 0 Å². The van der Waals surface area contributed by atoms with Gasteiger partial charge in [-0.25, -0.2) is 0 Å². The molecule has 0 aliphatic carbocycles. The van der Waals surface area contributed by atoms with Crippen molar-refractivity contribution in [3.63, 3.8) is 0 Å². The number of nitrogens with zero attached hydrogens (tertiary/aromatic N) is 1. The Labute approximate surface area is 274 Å². The summed E-state index contributed by atoms with van der Waals surface area (Å²) in [4.78, 5) is 2.38. The fourth-order valence-corrected chi connectivity index (χ4v) is 6.74. The van der Waals surface area contributed by atoms with Gasteiger partial charge >= 0.3 is 0 Å². The SMILES string of the molecule is Clc1ccc(N(c2ccc(-c3ccccc3)cc2)c2ccccc2-c2ccccc2)c(-c2cc3ccccc3c3ccccc23)c1. The Morgan fingerprint density at radius 1 is 0.348 bits per heavy atom. The molecule has 218 valence electrons. The van der Waals surface area contributed by atoms with Gasteiger partial charge in [-0.3, -0.25) is 0 Å². The molecule has 0 heterocycles. The van der Waals surface area contributed by atoms with Crippen molar-refractivity contribution in [3.05, 3.63) is 187 Å². The van der Waals surface area contributed by atoms with Gasteiger partial charge in [-0.2, -0.15) is 0 Å². The number of anilines is 3. The fraction of sp³-hybridized carbons (Fsp3) is 0. The minimum absolute atomic E-state index is 0.701. The van der Waals surface area contributed by atoms with Crippen LogP contribution in [0.3, 0.4) is 0 Å². The van der Waals surface area contributed by atoms with Crippen LogP contribution in [-0.4, -0.2) is 0 Å². The van der Waals surface area contributed by atoms with Crippen LogP contribution in [0.5, 0.6) is 0 Å². The number of rotatable bonds is 6. The van der Waals surface area contributed by atoms with Gasteiger partial charge < -0.3 is 4.90 Å². The second-order valence-corrected chi connectivity index (χ2v) is 11.9. The molecule has 0 saturated heterocycles. The predicted octanol–water partition coefficient (Wildman–Crippen LogP) is 13.1. The lowest BCUT2D eigenvalue weighted by molar-refractivity contribution is 1.28. The van der Waals surface area contributed by atoms with Crippen LogP contribution in [-0.2, 0) is 0 Å². The van der Waals surface area contributed by atoms with E-state index >= 15 is 0 Å². The summed E-state index contributed by atoms with van der Waals surface area (Å²) in [5.74, 6) is 0. The molecule has 0 radical (unpaired) electrons. The maximum atomic E-state index is 6.83. The van der Waals surface area contributed by atoms with Gasteiger partial charge in [0.2, 0.25) is 0 Å². The van der Waals surface area contributed by atoms with Crippen LogP contribution in [0, 0.1) is 0 Å². The number of hydrogen-bond acceptors (Lipinski definition) is 1. The van der Waals surface area contributed by atoms with Gasteiger partial charge in [-0.1, -0.05) is 151 Å². The van der Waals surface area contributed by atoms with E-state index in [9.17, 15) is 0 Å². The third-order valence-electron chi connectivity index (χ3n) is 8.72. The van der Waals surface area contributed by atoms with Crippen LogP contribution in [0.1, 0.15) is 0 Å². The first-order chi connectivity index (χ1) is 22.7. The van der Waals surface area contributed by atoms with Crippen molar-refractivity contribution in [2.75, 3.05) is 4.90 Å². The number of halogens is 1. The molecule has 0 bridgehead atoms. The molecule has 0 unspecified atom stereocenters. The topological polar surface area (TPSA) is 3.24 Å². The standard InChI is InChI=1S/C44H30ClN/c45-35-25-28-44(42(30-35)41-29-34-17-7-8-18-37(34)39-20-9-10-21-40(39)41)46(36-26-23-32(24-27-36)31-13-3-1-4-14-31)43-22-12-11-19-38(43)33-15-5-2-6-16-33/h1-30H. The molecule has 0 aliphatic heterocycles. The summed E-state index contributed by atoms with van der Waals surface area (Å²) in [6.07, 6.45) is 0. The van der Waals surface area contributed by atoms with Crippen molar-refractivity contribution in [2.45, 2.75) is 0 Å². The highest BCUT2D eigenvalue weighted by Crippen LogP contribution is 2.47. The van der Waals surface area contributed by atoms with Crippen molar-refractivity contribution < 1.29 is 0 Å². The third kappa shape index (κ3) is 5.11. The summed E-state index contributed by atoms with van der Waals surface area (Å²) in [5, 5.41) is 5.57. The van der Waals surface area contributed by atoms with Gasteiger partial charge in [0.05, 0.1) is 11.4 Å². The third-order valence-corrected chi connectivity index (χ3v) is 8.96. The smallest absolute Gasteiger partial charge is 0.0541 e. The lowest BCUT2D eigenvalue weighted by atomic mass is 9.91. The van der Waals surface area contributed by atoms with E-state index < -0.39 is 0 Å². The van der Waals surface area contributed by atoms with E-state index in [0.29, 0.717) is 5.02 Å². The number of para-hydroxylation sites is 1. The van der Waals surface area contributed by atoms with Crippen LogP contribution in [0.4, 0.5) is 17.1 Å². The quantitative estimate of drug-likeness (QED) is 0.170. The molecular formula is C44H30ClN. The van der Waals surface area contributed by atoms with E-state index in [1.54, 1.807) is 0 Å². The van der Waals surface area contributed by atoms with Gasteiger partial charge in [0.1, 0.15) is 0 Å². The molecule has 0 spiro atoms. The maximum Gasteiger partial charge on any atom is 0.0541 e. The summed E-state index contributed by atoms with van der Waals surface area (Å²) in [7, 11) is 0. The average molecular weight is 608 g/mol. The van der Waals surface area contributed by atoms with Gasteiger partial charge in [0.15, 0.2) is 0 Å². The molecule has 0 amide bonds. The Balaban J connectivity index is 1.40. The monoisotopic (exact) mass is 607 g/mol. The molecule has 0 saturated carbocycles. The molecular weight excluding hydrogens is 578 g/mol. The number of benzene rings is 8. The second kappa shape index (κ2) is 12.0. The van der Waals surface area contributed by atoms with Gasteiger partial charge in [0, 0.05) is 21.8 Å². The summed E-state index contributed by atoms with van der Waals surface area (Å²) in [6.45, 7) is 0. The average Bonchev–Trinajstić information content (AvgIpc) is 3.13. The second-order valence-electron chi connectivity index (χ2n) is 11.5. The van der Waals surface area contributed by atoms with E-state index in [0.717, 1.165) is 39.3 Å². The summed E-state index contributed by atoms with van der Waals surface area (Å²) in [6, 6.07) is 64.5. The van der Waals surface area contributed by atoms with E-state index in [1.165, 1.54) is 32.7 Å². The zero-order valence-electron chi connectivity index (χ0n) is 25.1. The van der Waals surface area contributed by atoms with Gasteiger partial charge in [-0.05, 0) is 86.3 Å². The highest BCUT2D eigenvalue weighted by Gasteiger charge is 2.22. The first kappa shape index (κ1) is 27.9. The molecule has 2 heteroatoms. The van der Waals surface area contributed by atoms with Crippen molar-refractivity contribution in [3.8, 4) is 33.4 Å². The van der Waals surface area contributed by atoms with E-state index in [4.69, 9.17) is 11.6 Å². The Bertz CT molecular complexity index is 2310. The van der Waals surface area contributed by atoms with Crippen molar-refractivity contribution in [2.24, 2.45) is 0 Å².